The van der Waals surface area contributed by atoms with Gasteiger partial charge in [-0.25, -0.2) is 0 Å². The molecule has 1 saturated carbocycles. The molecule has 5 heteroatoms. The second-order valence-electron chi connectivity index (χ2n) is 7.92. The van der Waals surface area contributed by atoms with E-state index in [2.05, 4.69) is 11.4 Å². The van der Waals surface area contributed by atoms with Crippen LogP contribution >= 0.6 is 28.3 Å². The van der Waals surface area contributed by atoms with Crippen molar-refractivity contribution in [1.29, 1.82) is 0 Å². The molecule has 0 amide bonds. The van der Waals surface area contributed by atoms with Crippen LogP contribution in [0, 0.1) is 0 Å². The maximum atomic E-state index is 10.1. The van der Waals surface area contributed by atoms with E-state index in [1.54, 1.807) is 17.0 Å². The first-order valence-electron chi connectivity index (χ1n) is 9.61. The Labute approximate surface area is 169 Å². The third kappa shape index (κ3) is 2.98. The number of phenols is 2. The van der Waals surface area contributed by atoms with Crippen molar-refractivity contribution in [2.24, 2.45) is 0 Å². The van der Waals surface area contributed by atoms with Crippen LogP contribution in [0.5, 0.6) is 11.5 Å². The van der Waals surface area contributed by atoms with Gasteiger partial charge in [0.05, 0.1) is 0 Å². The fraction of sp³-hybridized carbons (Fsp3) is 0.524. The molecule has 0 saturated heterocycles. The number of aryl methyl sites for hydroxylation is 1. The molecule has 0 radical (unpaired) electrons. The maximum absolute atomic E-state index is 10.1. The fourth-order valence-corrected chi connectivity index (χ4v) is 6.61. The third-order valence-electron chi connectivity index (χ3n) is 6.40. The zero-order chi connectivity index (χ0) is 17.0. The Hall–Kier alpha value is -1.04. The highest BCUT2D eigenvalue weighted by molar-refractivity contribution is 8.93. The van der Waals surface area contributed by atoms with Gasteiger partial charge < -0.3 is 15.5 Å². The van der Waals surface area contributed by atoms with Crippen LogP contribution in [0.4, 0.5) is 0 Å². The largest absolute Gasteiger partial charge is 0.504 e. The molecule has 0 spiro atoms. The lowest BCUT2D eigenvalue weighted by atomic mass is 9.75. The van der Waals surface area contributed by atoms with Crippen molar-refractivity contribution in [1.82, 2.24) is 5.32 Å². The van der Waals surface area contributed by atoms with Crippen LogP contribution in [0.3, 0.4) is 0 Å². The number of hydrogen-bond acceptors (Lipinski definition) is 4. The molecule has 3 N–H and O–H groups in total. The lowest BCUT2D eigenvalue weighted by molar-refractivity contribution is 0.383. The van der Waals surface area contributed by atoms with Crippen molar-refractivity contribution in [3.8, 4) is 11.5 Å². The standard InChI is InChI=1S/C21H25NO2S.BrH/c23-17-8-13-6-7-16-20(15(13)10-18(17)24)21-14(11-22-16)9-19(25-21)12-4-2-1-3-5-12;/h8-10,12,16,20,22-24H,1-7,11H2;1H/t16-,20-;/m0./s1. The second kappa shape index (κ2) is 7.17. The predicted molar refractivity (Wildman–Crippen MR) is 111 cm³/mol. The molecule has 3 nitrogen and oxygen atoms in total. The molecule has 5 rings (SSSR count). The lowest BCUT2D eigenvalue weighted by Gasteiger charge is -2.38. The average Bonchev–Trinajstić information content (AvgIpc) is 3.07. The smallest absolute Gasteiger partial charge is 0.157 e. The monoisotopic (exact) mass is 435 g/mol. The molecule has 1 aromatic carbocycles. The topological polar surface area (TPSA) is 52.5 Å². The minimum Gasteiger partial charge on any atom is -0.504 e. The SMILES string of the molecule is Br.Oc1cc2c(cc1O)[C@@H]1c3sc(C4CCCCC4)cc3CN[C@H]1CC2. The molecular weight excluding hydrogens is 410 g/mol. The number of hydrogen-bond donors (Lipinski definition) is 3. The molecule has 2 aromatic rings. The van der Waals surface area contributed by atoms with E-state index >= 15 is 0 Å². The minimum atomic E-state index is 0. The van der Waals surface area contributed by atoms with Crippen molar-refractivity contribution in [2.45, 2.75) is 69.4 Å². The fourth-order valence-electron chi connectivity index (χ4n) is 5.08. The molecule has 1 fully saturated rings. The van der Waals surface area contributed by atoms with Crippen LogP contribution in [0.25, 0.3) is 0 Å². The molecule has 140 valence electrons. The zero-order valence-corrected chi connectivity index (χ0v) is 17.4. The Morgan fingerprint density at radius 1 is 0.923 bits per heavy atom. The van der Waals surface area contributed by atoms with E-state index in [1.807, 2.05) is 11.3 Å². The van der Waals surface area contributed by atoms with Crippen molar-refractivity contribution >= 4 is 28.3 Å². The van der Waals surface area contributed by atoms with E-state index in [-0.39, 0.29) is 28.5 Å². The Kier molecular flexibility index (Phi) is 5.06. The van der Waals surface area contributed by atoms with Crippen molar-refractivity contribution in [3.63, 3.8) is 0 Å². The summed E-state index contributed by atoms with van der Waals surface area (Å²) in [7, 11) is 0. The number of aromatic hydroxyl groups is 2. The Morgan fingerprint density at radius 3 is 2.50 bits per heavy atom. The van der Waals surface area contributed by atoms with Gasteiger partial charge in [-0.1, -0.05) is 19.3 Å². The van der Waals surface area contributed by atoms with Gasteiger partial charge in [0.15, 0.2) is 11.5 Å². The van der Waals surface area contributed by atoms with E-state index < -0.39 is 0 Å². The van der Waals surface area contributed by atoms with Gasteiger partial charge in [0.2, 0.25) is 0 Å². The number of fused-ring (bicyclic) bond motifs is 5. The number of rotatable bonds is 1. The first-order chi connectivity index (χ1) is 12.2. The van der Waals surface area contributed by atoms with Crippen LogP contribution in [0.2, 0.25) is 0 Å². The van der Waals surface area contributed by atoms with Gasteiger partial charge in [0.25, 0.3) is 0 Å². The van der Waals surface area contributed by atoms with E-state index in [0.29, 0.717) is 12.0 Å². The average molecular weight is 436 g/mol. The summed E-state index contributed by atoms with van der Waals surface area (Å²) in [5, 5.41) is 23.7. The minimum absolute atomic E-state index is 0. The first kappa shape index (κ1) is 18.3. The predicted octanol–water partition coefficient (Wildman–Crippen LogP) is 5.33. The van der Waals surface area contributed by atoms with Gasteiger partial charge >= 0.3 is 0 Å². The van der Waals surface area contributed by atoms with Crippen LogP contribution in [-0.4, -0.2) is 16.3 Å². The molecule has 3 aliphatic rings. The highest BCUT2D eigenvalue weighted by Gasteiger charge is 2.37. The summed E-state index contributed by atoms with van der Waals surface area (Å²) in [6, 6.07) is 6.47. The normalized spacial score (nSPS) is 24.9. The molecule has 0 bridgehead atoms. The van der Waals surface area contributed by atoms with Crippen LogP contribution in [0.1, 0.15) is 76.8 Å². The number of halogens is 1. The summed E-state index contributed by atoms with van der Waals surface area (Å²) in [5.41, 5.74) is 3.85. The van der Waals surface area contributed by atoms with Gasteiger partial charge in [-0.05, 0) is 66.5 Å². The molecule has 2 aliphatic carbocycles. The molecule has 0 unspecified atom stereocenters. The molecule has 1 aliphatic heterocycles. The summed E-state index contributed by atoms with van der Waals surface area (Å²) in [6.07, 6.45) is 8.87. The van der Waals surface area contributed by atoms with Crippen molar-refractivity contribution in [3.05, 3.63) is 44.6 Å². The summed E-state index contributed by atoms with van der Waals surface area (Å²) in [6.45, 7) is 0.971. The van der Waals surface area contributed by atoms with Gasteiger partial charge in [-0.3, -0.25) is 0 Å². The van der Waals surface area contributed by atoms with Crippen molar-refractivity contribution < 1.29 is 10.2 Å². The highest BCUT2D eigenvalue weighted by atomic mass is 79.9. The maximum Gasteiger partial charge on any atom is 0.157 e. The van der Waals surface area contributed by atoms with Gasteiger partial charge in [0, 0.05) is 28.3 Å². The third-order valence-corrected chi connectivity index (χ3v) is 7.83. The highest BCUT2D eigenvalue weighted by Crippen LogP contribution is 2.48. The van der Waals surface area contributed by atoms with E-state index in [1.165, 1.54) is 53.7 Å². The molecule has 1 aromatic heterocycles. The summed E-state index contributed by atoms with van der Waals surface area (Å²) in [5.74, 6) is 1.09. The van der Waals surface area contributed by atoms with Gasteiger partial charge in [-0.2, -0.15) is 0 Å². The van der Waals surface area contributed by atoms with E-state index in [4.69, 9.17) is 0 Å². The quantitative estimate of drug-likeness (QED) is 0.530. The first-order valence-corrected chi connectivity index (χ1v) is 10.4. The molecule has 2 atom stereocenters. The van der Waals surface area contributed by atoms with Crippen LogP contribution in [-0.2, 0) is 13.0 Å². The Bertz CT molecular complexity index is 813. The molecule has 26 heavy (non-hydrogen) atoms. The molecule has 2 heterocycles. The van der Waals surface area contributed by atoms with Gasteiger partial charge in [0.1, 0.15) is 0 Å². The lowest BCUT2D eigenvalue weighted by Crippen LogP contribution is -2.41. The summed E-state index contributed by atoms with van der Waals surface area (Å²) >= 11 is 2.02. The molecular formula is C21H26BrNO2S. The number of benzene rings is 1. The number of nitrogens with one attached hydrogen (secondary N) is 1. The Morgan fingerprint density at radius 2 is 1.69 bits per heavy atom. The van der Waals surface area contributed by atoms with Crippen LogP contribution < -0.4 is 5.32 Å². The summed E-state index contributed by atoms with van der Waals surface area (Å²) < 4.78 is 0. The number of thiophene rings is 1. The second-order valence-corrected chi connectivity index (χ2v) is 9.03. The van der Waals surface area contributed by atoms with Gasteiger partial charge in [-0.15, -0.1) is 28.3 Å². The van der Waals surface area contributed by atoms with Crippen molar-refractivity contribution in [2.75, 3.05) is 0 Å². The summed E-state index contributed by atoms with van der Waals surface area (Å²) in [4.78, 5) is 3.07. The zero-order valence-electron chi connectivity index (χ0n) is 14.8. The van der Waals surface area contributed by atoms with Crippen LogP contribution in [0.15, 0.2) is 18.2 Å². The van der Waals surface area contributed by atoms with E-state index in [0.717, 1.165) is 25.3 Å². The van der Waals surface area contributed by atoms with E-state index in [9.17, 15) is 10.2 Å². The Balaban J connectivity index is 0.00000168. The number of phenolic OH excluding ortho intramolecular Hbond substituents is 2.